The molecule has 8 nitrogen and oxygen atoms in total. The Bertz CT molecular complexity index is 910. The number of carbonyl (C=O) groups is 4. The highest BCUT2D eigenvalue weighted by atomic mass is 16.5. The summed E-state index contributed by atoms with van der Waals surface area (Å²) in [4.78, 5) is 47.4. The van der Waals surface area contributed by atoms with Gasteiger partial charge >= 0.3 is 11.9 Å². The minimum atomic E-state index is -0.551. The van der Waals surface area contributed by atoms with Gasteiger partial charge < -0.3 is 20.1 Å². The topological polar surface area (TPSA) is 111 Å². The van der Waals surface area contributed by atoms with Crippen molar-refractivity contribution in [2.45, 2.75) is 33.1 Å². The van der Waals surface area contributed by atoms with Crippen LogP contribution in [0.3, 0.4) is 0 Å². The normalized spacial score (nSPS) is 10.3. The molecule has 0 spiro atoms. The summed E-state index contributed by atoms with van der Waals surface area (Å²) in [7, 11) is 0. The maximum absolute atomic E-state index is 12.0. The molecular formula is C24H28N2O6. The molecule has 32 heavy (non-hydrogen) atoms. The van der Waals surface area contributed by atoms with E-state index in [-0.39, 0.29) is 37.7 Å². The molecule has 0 radical (unpaired) electrons. The van der Waals surface area contributed by atoms with E-state index in [0.29, 0.717) is 23.5 Å². The first-order valence-corrected chi connectivity index (χ1v) is 10.4. The van der Waals surface area contributed by atoms with Gasteiger partial charge in [0, 0.05) is 24.2 Å². The summed E-state index contributed by atoms with van der Waals surface area (Å²) in [6.07, 6.45) is 0.417. The first-order chi connectivity index (χ1) is 15.3. The summed E-state index contributed by atoms with van der Waals surface area (Å²) in [5, 5.41) is 5.31. The quantitative estimate of drug-likeness (QED) is 0.515. The van der Waals surface area contributed by atoms with Crippen molar-refractivity contribution in [3.05, 3.63) is 60.2 Å². The summed E-state index contributed by atoms with van der Waals surface area (Å²) in [5.74, 6) is -1.41. The van der Waals surface area contributed by atoms with Crippen LogP contribution in [0.4, 0.5) is 11.4 Å². The van der Waals surface area contributed by atoms with E-state index >= 15 is 0 Å². The number of amides is 2. The van der Waals surface area contributed by atoms with Gasteiger partial charge in [0.15, 0.2) is 6.61 Å². The number of anilines is 2. The number of para-hydroxylation sites is 1. The van der Waals surface area contributed by atoms with E-state index in [0.717, 1.165) is 0 Å². The van der Waals surface area contributed by atoms with Crippen LogP contribution in [0.2, 0.25) is 0 Å². The predicted molar refractivity (Wildman–Crippen MR) is 120 cm³/mol. The number of hydrogen-bond donors (Lipinski definition) is 2. The SMILES string of the molecule is CC(C)COC(=O)c1ccc(NC(=O)CCCC(=O)OCC(=O)Nc2ccccc2)cc1. The Morgan fingerprint density at radius 1 is 0.781 bits per heavy atom. The van der Waals surface area contributed by atoms with Crippen molar-refractivity contribution in [2.75, 3.05) is 23.8 Å². The molecule has 2 aromatic rings. The summed E-state index contributed by atoms with van der Waals surface area (Å²) in [6.45, 7) is 3.87. The van der Waals surface area contributed by atoms with Gasteiger partial charge in [-0.15, -0.1) is 0 Å². The molecule has 0 atom stereocenters. The van der Waals surface area contributed by atoms with Gasteiger partial charge in [0.1, 0.15) is 0 Å². The molecule has 2 aromatic carbocycles. The Labute approximate surface area is 187 Å². The van der Waals surface area contributed by atoms with E-state index in [9.17, 15) is 19.2 Å². The molecule has 2 amide bonds. The minimum absolute atomic E-state index is 0.0205. The molecule has 8 heteroatoms. The highest BCUT2D eigenvalue weighted by molar-refractivity contribution is 5.94. The van der Waals surface area contributed by atoms with Gasteiger partial charge in [-0.3, -0.25) is 14.4 Å². The zero-order valence-corrected chi connectivity index (χ0v) is 18.3. The van der Waals surface area contributed by atoms with Gasteiger partial charge in [-0.25, -0.2) is 4.79 Å². The van der Waals surface area contributed by atoms with Crippen molar-refractivity contribution in [2.24, 2.45) is 5.92 Å². The zero-order valence-electron chi connectivity index (χ0n) is 18.3. The van der Waals surface area contributed by atoms with Crippen LogP contribution in [0.5, 0.6) is 0 Å². The van der Waals surface area contributed by atoms with E-state index < -0.39 is 17.8 Å². The predicted octanol–water partition coefficient (Wildman–Crippen LogP) is 3.79. The van der Waals surface area contributed by atoms with Crippen LogP contribution in [0.15, 0.2) is 54.6 Å². The summed E-state index contributed by atoms with van der Waals surface area (Å²) >= 11 is 0. The summed E-state index contributed by atoms with van der Waals surface area (Å²) < 4.78 is 10.1. The highest BCUT2D eigenvalue weighted by Crippen LogP contribution is 2.12. The van der Waals surface area contributed by atoms with Gasteiger partial charge in [0.2, 0.25) is 5.91 Å². The van der Waals surface area contributed by atoms with E-state index in [1.54, 1.807) is 48.5 Å². The number of benzene rings is 2. The Morgan fingerprint density at radius 2 is 1.41 bits per heavy atom. The van der Waals surface area contributed by atoms with Crippen LogP contribution >= 0.6 is 0 Å². The second-order valence-electron chi connectivity index (χ2n) is 7.55. The van der Waals surface area contributed by atoms with Crippen LogP contribution in [-0.4, -0.2) is 37.0 Å². The molecule has 0 aliphatic carbocycles. The van der Waals surface area contributed by atoms with E-state index in [1.807, 2.05) is 19.9 Å². The standard InChI is InChI=1S/C24H28N2O6/c1-17(2)15-32-24(30)18-11-13-20(14-12-18)25-21(27)9-6-10-23(29)31-16-22(28)26-19-7-4-3-5-8-19/h3-5,7-8,11-14,17H,6,9-10,15-16H2,1-2H3,(H,25,27)(H,26,28). The lowest BCUT2D eigenvalue weighted by Gasteiger charge is -2.09. The van der Waals surface area contributed by atoms with E-state index in [1.165, 1.54) is 0 Å². The fourth-order valence-corrected chi connectivity index (χ4v) is 2.57. The molecule has 170 valence electrons. The lowest BCUT2D eigenvalue weighted by Crippen LogP contribution is -2.21. The highest BCUT2D eigenvalue weighted by Gasteiger charge is 2.11. The molecule has 0 fully saturated rings. The number of rotatable bonds is 11. The van der Waals surface area contributed by atoms with Crippen LogP contribution in [0, 0.1) is 5.92 Å². The Morgan fingerprint density at radius 3 is 2.06 bits per heavy atom. The van der Waals surface area contributed by atoms with Crippen LogP contribution in [0.25, 0.3) is 0 Å². The fourth-order valence-electron chi connectivity index (χ4n) is 2.57. The molecule has 0 heterocycles. The van der Waals surface area contributed by atoms with Gasteiger partial charge in [-0.2, -0.15) is 0 Å². The first-order valence-electron chi connectivity index (χ1n) is 10.4. The molecule has 0 aliphatic heterocycles. The first kappa shape index (κ1) is 24.6. The Kier molecular flexibility index (Phi) is 9.90. The van der Waals surface area contributed by atoms with Crippen molar-refractivity contribution >= 4 is 35.1 Å². The molecule has 0 bridgehead atoms. The van der Waals surface area contributed by atoms with Crippen molar-refractivity contribution in [1.82, 2.24) is 0 Å². The average molecular weight is 440 g/mol. The molecule has 0 saturated heterocycles. The van der Waals surface area contributed by atoms with Gasteiger partial charge in [-0.1, -0.05) is 32.0 Å². The number of carbonyl (C=O) groups excluding carboxylic acids is 4. The monoisotopic (exact) mass is 440 g/mol. The molecular weight excluding hydrogens is 412 g/mol. The maximum Gasteiger partial charge on any atom is 0.338 e. The number of esters is 2. The number of ether oxygens (including phenoxy) is 2. The van der Waals surface area contributed by atoms with Crippen LogP contribution in [-0.2, 0) is 23.9 Å². The lowest BCUT2D eigenvalue weighted by molar-refractivity contribution is -0.147. The third-order valence-corrected chi connectivity index (χ3v) is 4.16. The number of hydrogen-bond acceptors (Lipinski definition) is 6. The van der Waals surface area contributed by atoms with E-state index in [4.69, 9.17) is 9.47 Å². The van der Waals surface area contributed by atoms with Crippen molar-refractivity contribution < 1.29 is 28.7 Å². The molecule has 2 N–H and O–H groups in total. The van der Waals surface area contributed by atoms with Crippen molar-refractivity contribution in [3.63, 3.8) is 0 Å². The average Bonchev–Trinajstić information content (AvgIpc) is 2.77. The second kappa shape index (κ2) is 12.9. The number of nitrogens with one attached hydrogen (secondary N) is 2. The molecule has 2 rings (SSSR count). The van der Waals surface area contributed by atoms with Gasteiger partial charge in [0.25, 0.3) is 5.91 Å². The fraction of sp³-hybridized carbons (Fsp3) is 0.333. The lowest BCUT2D eigenvalue weighted by atomic mass is 10.2. The molecule has 0 unspecified atom stereocenters. The largest absolute Gasteiger partial charge is 0.462 e. The molecule has 0 aliphatic rings. The van der Waals surface area contributed by atoms with Gasteiger partial charge in [0.05, 0.1) is 12.2 Å². The maximum atomic E-state index is 12.0. The molecule has 0 aromatic heterocycles. The van der Waals surface area contributed by atoms with Crippen molar-refractivity contribution in [3.8, 4) is 0 Å². The minimum Gasteiger partial charge on any atom is -0.462 e. The zero-order chi connectivity index (χ0) is 23.3. The van der Waals surface area contributed by atoms with Crippen LogP contribution in [0.1, 0.15) is 43.5 Å². The van der Waals surface area contributed by atoms with E-state index in [2.05, 4.69) is 10.6 Å². The van der Waals surface area contributed by atoms with Crippen molar-refractivity contribution in [1.29, 1.82) is 0 Å². The van der Waals surface area contributed by atoms with Gasteiger partial charge in [-0.05, 0) is 48.7 Å². The smallest absolute Gasteiger partial charge is 0.338 e. The Balaban J connectivity index is 1.63. The Hall–Kier alpha value is -3.68. The summed E-state index contributed by atoms with van der Waals surface area (Å²) in [6, 6.07) is 15.2. The third-order valence-electron chi connectivity index (χ3n) is 4.16. The summed E-state index contributed by atoms with van der Waals surface area (Å²) in [5.41, 5.74) is 1.56. The third kappa shape index (κ3) is 9.42. The van der Waals surface area contributed by atoms with Crippen LogP contribution < -0.4 is 10.6 Å². The molecule has 0 saturated carbocycles. The second-order valence-corrected chi connectivity index (χ2v) is 7.55.